The Labute approximate surface area is 106 Å². The molecule has 5 unspecified atom stereocenters. The molecular weight excluding hydrogens is 212 g/mol. The highest BCUT2D eigenvalue weighted by atomic mass is 16.5. The van der Waals surface area contributed by atoms with Crippen molar-refractivity contribution in [2.24, 2.45) is 17.8 Å². The lowest BCUT2D eigenvalue weighted by atomic mass is 9.78. The average Bonchev–Trinajstić information content (AvgIpc) is 2.50. The van der Waals surface area contributed by atoms with Crippen molar-refractivity contribution in [3.05, 3.63) is 0 Å². The molecule has 2 aliphatic heterocycles. The molecule has 0 bridgehead atoms. The molecule has 0 aliphatic carbocycles. The van der Waals surface area contributed by atoms with E-state index in [4.69, 9.17) is 9.47 Å². The summed E-state index contributed by atoms with van der Waals surface area (Å²) < 4.78 is 12.5. The van der Waals surface area contributed by atoms with E-state index in [1.54, 1.807) is 0 Å². The summed E-state index contributed by atoms with van der Waals surface area (Å²) in [6.45, 7) is 13.5. The lowest BCUT2D eigenvalue weighted by Crippen LogP contribution is -2.47. The first-order valence-electron chi connectivity index (χ1n) is 7.13. The average molecular weight is 240 g/mol. The maximum Gasteiger partial charge on any atom is 0.0686 e. The Morgan fingerprint density at radius 3 is 2.47 bits per heavy atom. The van der Waals surface area contributed by atoms with E-state index in [2.05, 4.69) is 41.5 Å². The van der Waals surface area contributed by atoms with Crippen LogP contribution in [0.5, 0.6) is 0 Å². The number of hydrogen-bond acceptors (Lipinski definition) is 2. The topological polar surface area (TPSA) is 18.5 Å². The fraction of sp³-hybridized carbons (Fsp3) is 1.00. The Balaban J connectivity index is 2.14. The summed E-state index contributed by atoms with van der Waals surface area (Å²) in [5.74, 6) is 1.81. The fourth-order valence-electron chi connectivity index (χ4n) is 3.49. The Morgan fingerprint density at radius 2 is 1.88 bits per heavy atom. The number of hydrogen-bond donors (Lipinski definition) is 0. The summed E-state index contributed by atoms with van der Waals surface area (Å²) in [7, 11) is 0. The molecule has 0 spiro atoms. The molecule has 100 valence electrons. The minimum absolute atomic E-state index is 0.0340. The van der Waals surface area contributed by atoms with Gasteiger partial charge in [-0.2, -0.15) is 0 Å². The molecule has 0 saturated carbocycles. The molecule has 5 atom stereocenters. The molecule has 0 amide bonds. The van der Waals surface area contributed by atoms with E-state index in [-0.39, 0.29) is 5.60 Å². The molecule has 2 fully saturated rings. The maximum absolute atomic E-state index is 6.27. The van der Waals surface area contributed by atoms with Crippen LogP contribution in [0.3, 0.4) is 0 Å². The van der Waals surface area contributed by atoms with Gasteiger partial charge in [-0.1, -0.05) is 20.8 Å². The summed E-state index contributed by atoms with van der Waals surface area (Å²) in [6, 6.07) is 0. The predicted octanol–water partition coefficient (Wildman–Crippen LogP) is 3.64. The zero-order valence-electron chi connectivity index (χ0n) is 12.2. The molecule has 2 heterocycles. The maximum atomic E-state index is 6.27. The lowest BCUT2D eigenvalue weighted by molar-refractivity contribution is -0.163. The quantitative estimate of drug-likeness (QED) is 0.733. The van der Waals surface area contributed by atoms with Crippen LogP contribution in [0.4, 0.5) is 0 Å². The van der Waals surface area contributed by atoms with Gasteiger partial charge < -0.3 is 9.47 Å². The van der Waals surface area contributed by atoms with E-state index >= 15 is 0 Å². The van der Waals surface area contributed by atoms with Crippen LogP contribution in [-0.2, 0) is 9.47 Å². The van der Waals surface area contributed by atoms with E-state index < -0.39 is 0 Å². The zero-order valence-corrected chi connectivity index (χ0v) is 12.2. The summed E-state index contributed by atoms with van der Waals surface area (Å²) in [5.41, 5.74) is 0.0340. The van der Waals surface area contributed by atoms with Gasteiger partial charge in [-0.25, -0.2) is 0 Å². The smallest absolute Gasteiger partial charge is 0.0686 e. The summed E-state index contributed by atoms with van der Waals surface area (Å²) >= 11 is 0. The highest BCUT2D eigenvalue weighted by molar-refractivity contribution is 4.98. The van der Waals surface area contributed by atoms with E-state index in [0.717, 1.165) is 12.8 Å². The zero-order chi connectivity index (χ0) is 12.8. The van der Waals surface area contributed by atoms with Crippen LogP contribution < -0.4 is 0 Å². The molecule has 0 aromatic heterocycles. The lowest BCUT2D eigenvalue weighted by Gasteiger charge is -2.42. The van der Waals surface area contributed by atoms with Crippen molar-refractivity contribution in [1.82, 2.24) is 0 Å². The van der Waals surface area contributed by atoms with Crippen molar-refractivity contribution in [2.75, 3.05) is 0 Å². The van der Waals surface area contributed by atoms with Gasteiger partial charge >= 0.3 is 0 Å². The van der Waals surface area contributed by atoms with Crippen molar-refractivity contribution in [1.29, 1.82) is 0 Å². The fourth-order valence-corrected chi connectivity index (χ4v) is 3.49. The molecule has 2 nitrogen and oxygen atoms in total. The molecule has 0 aromatic carbocycles. The highest BCUT2D eigenvalue weighted by Gasteiger charge is 2.51. The van der Waals surface area contributed by atoms with E-state index in [0.29, 0.717) is 36.1 Å². The second kappa shape index (κ2) is 4.55. The summed E-state index contributed by atoms with van der Waals surface area (Å²) in [5, 5.41) is 0. The highest BCUT2D eigenvalue weighted by Crippen LogP contribution is 2.46. The van der Waals surface area contributed by atoms with Gasteiger partial charge in [-0.15, -0.1) is 0 Å². The van der Waals surface area contributed by atoms with Crippen LogP contribution in [0, 0.1) is 17.8 Å². The normalized spacial score (nSPS) is 45.0. The standard InChI is InChI=1S/C15H28O2/c1-9(2)7-13-12-8-15(5,6)17-14(12)10(3)11(4)16-13/h9-14H,7-8H2,1-6H3. The van der Waals surface area contributed by atoms with Crippen molar-refractivity contribution in [3.8, 4) is 0 Å². The second-order valence-electron chi connectivity index (χ2n) is 7.08. The summed E-state index contributed by atoms with van der Waals surface area (Å²) in [4.78, 5) is 0. The Bertz CT molecular complexity index is 272. The van der Waals surface area contributed by atoms with Gasteiger partial charge in [0.1, 0.15) is 0 Å². The minimum Gasteiger partial charge on any atom is -0.374 e. The molecule has 2 aliphatic rings. The first-order chi connectivity index (χ1) is 7.80. The third kappa shape index (κ3) is 2.68. The first kappa shape index (κ1) is 13.4. The molecular formula is C15H28O2. The summed E-state index contributed by atoms with van der Waals surface area (Å²) in [6.07, 6.45) is 3.43. The van der Waals surface area contributed by atoms with Crippen LogP contribution in [0.2, 0.25) is 0 Å². The monoisotopic (exact) mass is 240 g/mol. The van der Waals surface area contributed by atoms with Crippen LogP contribution in [-0.4, -0.2) is 23.9 Å². The van der Waals surface area contributed by atoms with Gasteiger partial charge in [-0.05, 0) is 39.5 Å². The third-order valence-corrected chi connectivity index (χ3v) is 4.43. The number of fused-ring (bicyclic) bond motifs is 1. The molecule has 0 N–H and O–H groups in total. The second-order valence-corrected chi connectivity index (χ2v) is 7.08. The van der Waals surface area contributed by atoms with Crippen molar-refractivity contribution in [3.63, 3.8) is 0 Å². The SMILES string of the molecule is CC(C)CC1OC(C)C(C)C2OC(C)(C)CC12. The van der Waals surface area contributed by atoms with Crippen LogP contribution in [0.25, 0.3) is 0 Å². The van der Waals surface area contributed by atoms with Crippen molar-refractivity contribution < 1.29 is 9.47 Å². The van der Waals surface area contributed by atoms with Gasteiger partial charge in [0.05, 0.1) is 23.9 Å². The van der Waals surface area contributed by atoms with Gasteiger partial charge in [0, 0.05) is 11.8 Å². The minimum atomic E-state index is 0.0340. The predicted molar refractivity (Wildman–Crippen MR) is 70.0 cm³/mol. The molecule has 0 radical (unpaired) electrons. The third-order valence-electron chi connectivity index (χ3n) is 4.43. The largest absolute Gasteiger partial charge is 0.374 e. The van der Waals surface area contributed by atoms with Gasteiger partial charge in [0.2, 0.25) is 0 Å². The van der Waals surface area contributed by atoms with Crippen LogP contribution in [0.15, 0.2) is 0 Å². The van der Waals surface area contributed by atoms with E-state index in [9.17, 15) is 0 Å². The number of rotatable bonds is 2. The Morgan fingerprint density at radius 1 is 1.24 bits per heavy atom. The Hall–Kier alpha value is -0.0800. The number of ether oxygens (including phenoxy) is 2. The van der Waals surface area contributed by atoms with Crippen LogP contribution in [0.1, 0.15) is 54.4 Å². The van der Waals surface area contributed by atoms with Gasteiger partial charge in [0.25, 0.3) is 0 Å². The molecule has 2 saturated heterocycles. The molecule has 0 aromatic rings. The van der Waals surface area contributed by atoms with Crippen molar-refractivity contribution >= 4 is 0 Å². The molecule has 17 heavy (non-hydrogen) atoms. The van der Waals surface area contributed by atoms with Crippen molar-refractivity contribution in [2.45, 2.75) is 78.3 Å². The van der Waals surface area contributed by atoms with Crippen LogP contribution >= 0.6 is 0 Å². The van der Waals surface area contributed by atoms with Gasteiger partial charge in [0.15, 0.2) is 0 Å². The first-order valence-corrected chi connectivity index (χ1v) is 7.13. The molecule has 2 heteroatoms. The molecule has 2 rings (SSSR count). The van der Waals surface area contributed by atoms with Gasteiger partial charge in [-0.3, -0.25) is 0 Å². The Kier molecular flexibility index (Phi) is 3.57. The van der Waals surface area contributed by atoms with E-state index in [1.165, 1.54) is 0 Å². The van der Waals surface area contributed by atoms with E-state index in [1.807, 2.05) is 0 Å².